The second-order valence-electron chi connectivity index (χ2n) is 4.29. The first-order chi connectivity index (χ1) is 10.2. The molecular weight excluding hydrogens is 293 g/mol. The van der Waals surface area contributed by atoms with Crippen molar-refractivity contribution < 1.29 is 14.0 Å². The Labute approximate surface area is 123 Å². The average Bonchev–Trinajstić information content (AvgIpc) is 3.16. The molecule has 1 atom stereocenters. The molecule has 0 N–H and O–H groups in total. The fraction of sp³-hybridized carbons (Fsp3) is 0.0714. The molecule has 1 aliphatic heterocycles. The van der Waals surface area contributed by atoms with Crippen LogP contribution in [0.2, 0.25) is 0 Å². The molecule has 0 saturated heterocycles. The van der Waals surface area contributed by atoms with Crippen LogP contribution in [0.1, 0.15) is 9.67 Å². The molecular formula is C14H10FN3O2S. The van der Waals surface area contributed by atoms with Crippen LogP contribution >= 0.6 is 11.3 Å². The summed E-state index contributed by atoms with van der Waals surface area (Å²) in [5, 5.41) is 7.22. The van der Waals surface area contributed by atoms with Gasteiger partial charge in [-0.25, -0.2) is 9.40 Å². The monoisotopic (exact) mass is 303 g/mol. The Hall–Kier alpha value is -2.54. The molecule has 0 bridgehead atoms. The SMILES string of the molecule is O=CC1N(C(=O)c2cccs2)C=NN1c1ccc(F)cc1. The summed E-state index contributed by atoms with van der Waals surface area (Å²) in [6.45, 7) is 0. The van der Waals surface area contributed by atoms with Crippen LogP contribution in [0.4, 0.5) is 10.1 Å². The number of nitrogens with zero attached hydrogens (tertiary/aromatic N) is 3. The van der Waals surface area contributed by atoms with Gasteiger partial charge in [0.25, 0.3) is 5.91 Å². The number of hydrogen-bond acceptors (Lipinski definition) is 5. The number of carbonyl (C=O) groups excluding carboxylic acids is 2. The summed E-state index contributed by atoms with van der Waals surface area (Å²) >= 11 is 1.29. The standard InChI is InChI=1S/C14H10FN3O2S/c15-10-3-5-11(6-4-10)18-13(8-19)17(9-16-18)14(20)12-2-1-7-21-12/h1-9,13H. The van der Waals surface area contributed by atoms with Crippen molar-refractivity contribution in [2.45, 2.75) is 6.17 Å². The third kappa shape index (κ3) is 2.43. The van der Waals surface area contributed by atoms with E-state index in [2.05, 4.69) is 5.10 Å². The van der Waals surface area contributed by atoms with Crippen LogP contribution in [0.15, 0.2) is 46.9 Å². The molecule has 1 aromatic heterocycles. The van der Waals surface area contributed by atoms with E-state index >= 15 is 0 Å². The van der Waals surface area contributed by atoms with Crippen LogP contribution in [0.3, 0.4) is 0 Å². The molecule has 1 aliphatic rings. The Morgan fingerprint density at radius 3 is 2.67 bits per heavy atom. The number of anilines is 1. The minimum absolute atomic E-state index is 0.296. The number of thiophene rings is 1. The lowest BCUT2D eigenvalue weighted by atomic mass is 10.3. The first-order valence-electron chi connectivity index (χ1n) is 6.11. The molecule has 2 aromatic rings. The third-order valence-corrected chi connectivity index (χ3v) is 3.87. The van der Waals surface area contributed by atoms with Crippen molar-refractivity contribution in [1.82, 2.24) is 4.90 Å². The van der Waals surface area contributed by atoms with Gasteiger partial charge in [0.15, 0.2) is 12.5 Å². The van der Waals surface area contributed by atoms with Gasteiger partial charge < -0.3 is 0 Å². The molecule has 0 saturated carbocycles. The minimum atomic E-state index is -0.870. The van der Waals surface area contributed by atoms with Crippen LogP contribution in [0.25, 0.3) is 0 Å². The fourth-order valence-corrected chi connectivity index (χ4v) is 2.67. The van der Waals surface area contributed by atoms with Crippen LogP contribution in [-0.2, 0) is 4.79 Å². The van der Waals surface area contributed by atoms with Gasteiger partial charge in [-0.1, -0.05) is 6.07 Å². The zero-order valence-electron chi connectivity index (χ0n) is 10.7. The van der Waals surface area contributed by atoms with Crippen molar-refractivity contribution in [3.63, 3.8) is 0 Å². The van der Waals surface area contributed by atoms with Crippen molar-refractivity contribution in [3.05, 3.63) is 52.5 Å². The first-order valence-corrected chi connectivity index (χ1v) is 6.99. The van der Waals surface area contributed by atoms with E-state index in [0.717, 1.165) is 0 Å². The molecule has 106 valence electrons. The highest BCUT2D eigenvalue weighted by molar-refractivity contribution is 7.12. The smallest absolute Gasteiger partial charge is 0.271 e. The highest BCUT2D eigenvalue weighted by Crippen LogP contribution is 2.24. The highest BCUT2D eigenvalue weighted by Gasteiger charge is 2.33. The van der Waals surface area contributed by atoms with E-state index < -0.39 is 6.17 Å². The molecule has 0 fully saturated rings. The van der Waals surface area contributed by atoms with E-state index in [1.54, 1.807) is 17.5 Å². The normalized spacial score (nSPS) is 17.3. The Balaban J connectivity index is 1.87. The summed E-state index contributed by atoms with van der Waals surface area (Å²) in [7, 11) is 0. The second-order valence-corrected chi connectivity index (χ2v) is 5.24. The Bertz CT molecular complexity index is 685. The number of rotatable bonds is 3. The largest absolute Gasteiger partial charge is 0.299 e. The van der Waals surface area contributed by atoms with Crippen LogP contribution in [-0.4, -0.2) is 29.6 Å². The molecule has 3 rings (SSSR count). The number of halogens is 1. The lowest BCUT2D eigenvalue weighted by molar-refractivity contribution is -0.110. The first kappa shape index (κ1) is 13.4. The van der Waals surface area contributed by atoms with Gasteiger partial charge in [-0.2, -0.15) is 5.10 Å². The van der Waals surface area contributed by atoms with Crippen molar-refractivity contribution >= 4 is 35.6 Å². The minimum Gasteiger partial charge on any atom is -0.299 e. The van der Waals surface area contributed by atoms with Crippen molar-refractivity contribution in [2.75, 3.05) is 5.01 Å². The van der Waals surface area contributed by atoms with E-state index in [4.69, 9.17) is 0 Å². The van der Waals surface area contributed by atoms with Gasteiger partial charge in [-0.15, -0.1) is 11.3 Å². The van der Waals surface area contributed by atoms with Crippen LogP contribution in [0, 0.1) is 5.82 Å². The summed E-state index contributed by atoms with van der Waals surface area (Å²) in [5.74, 6) is -0.674. The van der Waals surface area contributed by atoms with Crippen molar-refractivity contribution in [3.8, 4) is 0 Å². The number of benzene rings is 1. The average molecular weight is 303 g/mol. The van der Waals surface area contributed by atoms with Gasteiger partial charge >= 0.3 is 0 Å². The quantitative estimate of drug-likeness (QED) is 0.818. The third-order valence-electron chi connectivity index (χ3n) is 3.02. The molecule has 1 aromatic carbocycles. The zero-order chi connectivity index (χ0) is 14.8. The van der Waals surface area contributed by atoms with Gasteiger partial charge in [0.05, 0.1) is 10.6 Å². The lowest BCUT2D eigenvalue weighted by Crippen LogP contribution is -2.44. The predicted molar refractivity (Wildman–Crippen MR) is 77.7 cm³/mol. The van der Waals surface area contributed by atoms with Gasteiger partial charge in [0.1, 0.15) is 12.2 Å². The molecule has 0 spiro atoms. The molecule has 7 heteroatoms. The summed E-state index contributed by atoms with van der Waals surface area (Å²) in [6, 6.07) is 9.00. The maximum absolute atomic E-state index is 13.0. The lowest BCUT2D eigenvalue weighted by Gasteiger charge is -2.24. The van der Waals surface area contributed by atoms with E-state index in [-0.39, 0.29) is 11.7 Å². The Morgan fingerprint density at radius 2 is 2.05 bits per heavy atom. The number of amides is 1. The van der Waals surface area contributed by atoms with E-state index in [1.807, 2.05) is 0 Å². The second kappa shape index (κ2) is 5.45. The molecule has 1 amide bonds. The summed E-state index contributed by atoms with van der Waals surface area (Å²) in [6.07, 6.45) is 1.07. The number of hydrazone groups is 1. The van der Waals surface area contributed by atoms with Gasteiger partial charge in [0, 0.05) is 0 Å². The fourth-order valence-electron chi connectivity index (χ4n) is 2.00. The molecule has 1 unspecified atom stereocenters. The Kier molecular flexibility index (Phi) is 3.49. The topological polar surface area (TPSA) is 53.0 Å². The van der Waals surface area contributed by atoms with Gasteiger partial charge in [0.2, 0.25) is 0 Å². The van der Waals surface area contributed by atoms with Crippen LogP contribution < -0.4 is 5.01 Å². The molecule has 5 nitrogen and oxygen atoms in total. The molecule has 2 heterocycles. The molecule has 0 aliphatic carbocycles. The van der Waals surface area contributed by atoms with Crippen molar-refractivity contribution in [2.24, 2.45) is 5.10 Å². The highest BCUT2D eigenvalue weighted by atomic mass is 32.1. The molecule has 21 heavy (non-hydrogen) atoms. The van der Waals surface area contributed by atoms with Gasteiger partial charge in [-0.05, 0) is 35.7 Å². The number of aldehydes is 1. The van der Waals surface area contributed by atoms with E-state index in [1.165, 1.54) is 51.8 Å². The predicted octanol–water partition coefficient (Wildman–Crippen LogP) is 2.32. The summed E-state index contributed by atoms with van der Waals surface area (Å²) in [5.41, 5.74) is 0.534. The number of hydrogen-bond donors (Lipinski definition) is 0. The summed E-state index contributed by atoms with van der Waals surface area (Å²) in [4.78, 5) is 25.4. The Morgan fingerprint density at radius 1 is 1.29 bits per heavy atom. The van der Waals surface area contributed by atoms with Gasteiger partial charge in [-0.3, -0.25) is 14.5 Å². The number of carbonyl (C=O) groups is 2. The van der Waals surface area contributed by atoms with E-state index in [0.29, 0.717) is 16.9 Å². The zero-order valence-corrected chi connectivity index (χ0v) is 11.5. The maximum atomic E-state index is 13.0. The van der Waals surface area contributed by atoms with E-state index in [9.17, 15) is 14.0 Å². The summed E-state index contributed by atoms with van der Waals surface area (Å²) < 4.78 is 13.0. The van der Waals surface area contributed by atoms with Crippen molar-refractivity contribution in [1.29, 1.82) is 0 Å². The van der Waals surface area contributed by atoms with Crippen LogP contribution in [0.5, 0.6) is 0 Å². The maximum Gasteiger partial charge on any atom is 0.271 e. The molecule has 0 radical (unpaired) electrons.